The number of hydrogen-bond donors (Lipinski definition) is 2. The van der Waals surface area contributed by atoms with Crippen LogP contribution in [0.5, 0.6) is 0 Å². The van der Waals surface area contributed by atoms with E-state index >= 15 is 0 Å². The Morgan fingerprint density at radius 3 is 2.90 bits per heavy atom. The molecule has 2 N–H and O–H groups in total. The van der Waals surface area contributed by atoms with Gasteiger partial charge in [0.1, 0.15) is 11.4 Å². The fourth-order valence-electron chi connectivity index (χ4n) is 2.31. The number of anilines is 1. The molecular formula is C14H19N3O2S. The second-order valence-electron chi connectivity index (χ2n) is 4.74. The van der Waals surface area contributed by atoms with Gasteiger partial charge in [0.15, 0.2) is 0 Å². The van der Waals surface area contributed by atoms with E-state index in [1.807, 2.05) is 11.4 Å². The Hall–Kier alpha value is -1.82. The first-order valence-electron chi connectivity index (χ1n) is 6.61. The molecule has 2 aromatic rings. The number of nitrogens with one attached hydrogen (secondary N) is 1. The lowest BCUT2D eigenvalue weighted by Crippen LogP contribution is -2.14. The summed E-state index contributed by atoms with van der Waals surface area (Å²) < 4.78 is 1.61. The number of carboxylic acids is 1. The van der Waals surface area contributed by atoms with Crippen LogP contribution in [0.3, 0.4) is 0 Å². The first kappa shape index (κ1) is 14.6. The minimum absolute atomic E-state index is 0.118. The largest absolute Gasteiger partial charge is 0.477 e. The molecule has 2 heterocycles. The highest BCUT2D eigenvalue weighted by atomic mass is 32.1. The van der Waals surface area contributed by atoms with Gasteiger partial charge in [0.25, 0.3) is 0 Å². The molecule has 1 unspecified atom stereocenters. The zero-order chi connectivity index (χ0) is 14.7. The quantitative estimate of drug-likeness (QED) is 0.856. The van der Waals surface area contributed by atoms with Crippen molar-refractivity contribution in [1.29, 1.82) is 0 Å². The van der Waals surface area contributed by atoms with Crippen molar-refractivity contribution in [2.24, 2.45) is 7.05 Å². The summed E-state index contributed by atoms with van der Waals surface area (Å²) in [4.78, 5) is 12.6. The van der Waals surface area contributed by atoms with Crippen LogP contribution in [-0.2, 0) is 7.05 Å². The topological polar surface area (TPSA) is 67.2 Å². The zero-order valence-corrected chi connectivity index (χ0v) is 12.7. The first-order chi connectivity index (χ1) is 9.54. The van der Waals surface area contributed by atoms with Crippen LogP contribution in [0, 0.1) is 6.92 Å². The van der Waals surface area contributed by atoms with Gasteiger partial charge >= 0.3 is 5.97 Å². The van der Waals surface area contributed by atoms with Gasteiger partial charge in [0, 0.05) is 11.9 Å². The fourth-order valence-corrected chi connectivity index (χ4v) is 3.12. The Balaban J connectivity index is 2.34. The van der Waals surface area contributed by atoms with E-state index < -0.39 is 5.97 Å². The van der Waals surface area contributed by atoms with E-state index in [1.165, 1.54) is 4.88 Å². The summed E-state index contributed by atoms with van der Waals surface area (Å²) in [5.41, 5.74) is 0.786. The number of carboxylic acid groups (broad SMARTS) is 1. The summed E-state index contributed by atoms with van der Waals surface area (Å²) >= 11 is 1.68. The maximum Gasteiger partial charge on any atom is 0.341 e. The highest BCUT2D eigenvalue weighted by Crippen LogP contribution is 2.29. The molecule has 0 aliphatic carbocycles. The second kappa shape index (κ2) is 6.09. The minimum atomic E-state index is -0.945. The highest BCUT2D eigenvalue weighted by molar-refractivity contribution is 7.10. The average Bonchev–Trinajstić information content (AvgIpc) is 2.97. The predicted molar refractivity (Wildman–Crippen MR) is 80.5 cm³/mol. The van der Waals surface area contributed by atoms with E-state index in [4.69, 9.17) is 0 Å². The Morgan fingerprint density at radius 1 is 1.60 bits per heavy atom. The van der Waals surface area contributed by atoms with Gasteiger partial charge in [0.2, 0.25) is 0 Å². The van der Waals surface area contributed by atoms with E-state index in [1.54, 1.807) is 30.0 Å². The first-order valence-corrected chi connectivity index (χ1v) is 7.49. The molecule has 0 amide bonds. The van der Waals surface area contributed by atoms with Crippen LogP contribution >= 0.6 is 11.3 Å². The Labute approximate surface area is 122 Å². The summed E-state index contributed by atoms with van der Waals surface area (Å²) in [6, 6.07) is 4.20. The average molecular weight is 293 g/mol. The van der Waals surface area contributed by atoms with Gasteiger partial charge in [-0.1, -0.05) is 19.4 Å². The molecule has 0 aliphatic heterocycles. The van der Waals surface area contributed by atoms with Gasteiger partial charge in [-0.05, 0) is 24.8 Å². The Kier molecular flexibility index (Phi) is 4.44. The number of thiophene rings is 1. The van der Waals surface area contributed by atoms with Gasteiger partial charge < -0.3 is 10.4 Å². The molecule has 0 bridgehead atoms. The molecule has 0 saturated carbocycles. The van der Waals surface area contributed by atoms with Crippen LogP contribution < -0.4 is 5.32 Å². The smallest absolute Gasteiger partial charge is 0.341 e. The van der Waals surface area contributed by atoms with Crippen molar-refractivity contribution in [3.8, 4) is 0 Å². The highest BCUT2D eigenvalue weighted by Gasteiger charge is 2.22. The maximum atomic E-state index is 11.4. The van der Waals surface area contributed by atoms with Gasteiger partial charge in [-0.3, -0.25) is 4.68 Å². The monoisotopic (exact) mass is 293 g/mol. The standard InChI is InChI=1S/C14H19N3O2S/c1-4-6-10(11-7-5-8-20-11)15-13-12(14(18)19)9(2)16-17(13)3/h5,7-8,10,15H,4,6H2,1-3H3,(H,18,19). The summed E-state index contributed by atoms with van der Waals surface area (Å²) in [6.07, 6.45) is 1.97. The fraction of sp³-hybridized carbons (Fsp3) is 0.429. The molecule has 6 heteroatoms. The van der Waals surface area contributed by atoms with Gasteiger partial charge in [-0.25, -0.2) is 4.79 Å². The van der Waals surface area contributed by atoms with Crippen molar-refractivity contribution < 1.29 is 9.90 Å². The van der Waals surface area contributed by atoms with E-state index in [0.29, 0.717) is 11.5 Å². The number of carbonyl (C=O) groups is 1. The lowest BCUT2D eigenvalue weighted by atomic mass is 10.1. The van der Waals surface area contributed by atoms with Crippen LogP contribution in [0.15, 0.2) is 17.5 Å². The molecule has 0 fully saturated rings. The number of aromatic nitrogens is 2. The Morgan fingerprint density at radius 2 is 2.35 bits per heavy atom. The summed E-state index contributed by atoms with van der Waals surface area (Å²) in [5, 5.41) is 18.9. The molecule has 2 rings (SSSR count). The van der Waals surface area contributed by atoms with Crippen LogP contribution in [0.1, 0.15) is 46.7 Å². The summed E-state index contributed by atoms with van der Waals surface area (Å²) in [7, 11) is 1.76. The SMILES string of the molecule is CCCC(Nc1c(C(=O)O)c(C)nn1C)c1cccs1. The number of nitrogens with zero attached hydrogens (tertiary/aromatic N) is 2. The summed E-state index contributed by atoms with van der Waals surface area (Å²) in [5.74, 6) is -0.374. The normalized spacial score (nSPS) is 12.3. The predicted octanol–water partition coefficient (Wildman–Crippen LogP) is 3.44. The second-order valence-corrected chi connectivity index (χ2v) is 5.72. The summed E-state index contributed by atoms with van der Waals surface area (Å²) in [6.45, 7) is 3.84. The molecule has 0 radical (unpaired) electrons. The third kappa shape index (κ3) is 2.85. The van der Waals surface area contributed by atoms with E-state index in [9.17, 15) is 9.90 Å². The van der Waals surface area contributed by atoms with Crippen LogP contribution in [0.4, 0.5) is 5.82 Å². The van der Waals surface area contributed by atoms with Crippen molar-refractivity contribution in [1.82, 2.24) is 9.78 Å². The van der Waals surface area contributed by atoms with Gasteiger partial charge in [-0.2, -0.15) is 5.10 Å². The van der Waals surface area contributed by atoms with E-state index in [-0.39, 0.29) is 11.6 Å². The molecule has 5 nitrogen and oxygen atoms in total. The van der Waals surface area contributed by atoms with Crippen LogP contribution in [0.25, 0.3) is 0 Å². The number of hydrogen-bond acceptors (Lipinski definition) is 4. The number of aromatic carboxylic acids is 1. The number of aryl methyl sites for hydroxylation is 2. The molecule has 2 aromatic heterocycles. The van der Waals surface area contributed by atoms with Crippen LogP contribution in [-0.4, -0.2) is 20.9 Å². The third-order valence-corrected chi connectivity index (χ3v) is 4.20. The van der Waals surface area contributed by atoms with Crippen molar-refractivity contribution in [2.75, 3.05) is 5.32 Å². The maximum absolute atomic E-state index is 11.4. The molecule has 108 valence electrons. The third-order valence-electron chi connectivity index (χ3n) is 3.21. The van der Waals surface area contributed by atoms with E-state index in [0.717, 1.165) is 12.8 Å². The van der Waals surface area contributed by atoms with Gasteiger partial charge in [0.05, 0.1) is 11.7 Å². The zero-order valence-electron chi connectivity index (χ0n) is 11.9. The molecule has 0 spiro atoms. The van der Waals surface area contributed by atoms with Crippen molar-refractivity contribution in [2.45, 2.75) is 32.7 Å². The number of rotatable bonds is 6. The van der Waals surface area contributed by atoms with Crippen molar-refractivity contribution >= 4 is 23.1 Å². The Bertz CT molecular complexity index is 590. The van der Waals surface area contributed by atoms with E-state index in [2.05, 4.69) is 23.4 Å². The molecule has 0 aliphatic rings. The van der Waals surface area contributed by atoms with Gasteiger partial charge in [-0.15, -0.1) is 11.3 Å². The molecule has 1 atom stereocenters. The lowest BCUT2D eigenvalue weighted by Gasteiger charge is -2.18. The molecule has 20 heavy (non-hydrogen) atoms. The van der Waals surface area contributed by atoms with Crippen molar-refractivity contribution in [3.63, 3.8) is 0 Å². The minimum Gasteiger partial charge on any atom is -0.477 e. The molecule has 0 saturated heterocycles. The lowest BCUT2D eigenvalue weighted by molar-refractivity contribution is 0.0697. The van der Waals surface area contributed by atoms with Crippen molar-refractivity contribution in [3.05, 3.63) is 33.6 Å². The molecular weight excluding hydrogens is 274 g/mol. The van der Waals surface area contributed by atoms with Crippen LogP contribution in [0.2, 0.25) is 0 Å². The molecule has 0 aromatic carbocycles.